The second kappa shape index (κ2) is 2.48. The Morgan fingerprint density at radius 2 is 2.45 bits per heavy atom. The SMILES string of the molecule is COC(=O)[C@@H]1CCN[C@@H]2C[C@@H]21. The third-order valence-electron chi connectivity index (χ3n) is 2.72. The summed E-state index contributed by atoms with van der Waals surface area (Å²) < 4.78 is 4.72. The van der Waals surface area contributed by atoms with Crippen molar-refractivity contribution in [3.8, 4) is 0 Å². The van der Waals surface area contributed by atoms with Gasteiger partial charge < -0.3 is 10.1 Å². The van der Waals surface area contributed by atoms with Gasteiger partial charge in [0.25, 0.3) is 0 Å². The van der Waals surface area contributed by atoms with Crippen molar-refractivity contribution in [3.05, 3.63) is 0 Å². The standard InChI is InChI=1S/C8H13NO2/c1-11-8(10)5-2-3-9-7-4-6(5)7/h5-7,9H,2-4H2,1H3/t5-,6-,7-/m1/s1. The molecule has 2 aliphatic rings. The predicted molar refractivity (Wildman–Crippen MR) is 40.0 cm³/mol. The van der Waals surface area contributed by atoms with Gasteiger partial charge in [-0.15, -0.1) is 0 Å². The van der Waals surface area contributed by atoms with Gasteiger partial charge in [-0.1, -0.05) is 0 Å². The van der Waals surface area contributed by atoms with E-state index in [1.807, 2.05) is 0 Å². The van der Waals surface area contributed by atoms with Crippen molar-refractivity contribution >= 4 is 5.97 Å². The third kappa shape index (κ3) is 1.13. The fraction of sp³-hybridized carbons (Fsp3) is 0.875. The topological polar surface area (TPSA) is 38.3 Å². The van der Waals surface area contributed by atoms with Crippen molar-refractivity contribution < 1.29 is 9.53 Å². The number of methoxy groups -OCH3 is 1. The molecule has 1 saturated carbocycles. The van der Waals surface area contributed by atoms with Crippen LogP contribution in [-0.4, -0.2) is 25.7 Å². The van der Waals surface area contributed by atoms with Gasteiger partial charge in [-0.25, -0.2) is 0 Å². The summed E-state index contributed by atoms with van der Waals surface area (Å²) in [5.41, 5.74) is 0. The maximum atomic E-state index is 11.2. The Labute approximate surface area is 66.1 Å². The first kappa shape index (κ1) is 7.10. The van der Waals surface area contributed by atoms with Gasteiger partial charge in [-0.3, -0.25) is 4.79 Å². The molecule has 1 aliphatic carbocycles. The molecule has 0 aromatic heterocycles. The van der Waals surface area contributed by atoms with E-state index in [4.69, 9.17) is 4.74 Å². The Balaban J connectivity index is 1.97. The number of piperidine rings is 1. The first-order valence-electron chi connectivity index (χ1n) is 4.14. The van der Waals surface area contributed by atoms with Gasteiger partial charge in [0.2, 0.25) is 0 Å². The molecule has 3 atom stereocenters. The fourth-order valence-corrected chi connectivity index (χ4v) is 1.98. The average Bonchev–Trinajstić information content (AvgIpc) is 2.80. The van der Waals surface area contributed by atoms with Crippen LogP contribution >= 0.6 is 0 Å². The molecule has 0 aromatic carbocycles. The molecule has 0 spiro atoms. The van der Waals surface area contributed by atoms with Gasteiger partial charge in [-0.2, -0.15) is 0 Å². The normalized spacial score (nSPS) is 41.0. The maximum Gasteiger partial charge on any atom is 0.309 e. The Bertz CT molecular complexity index is 181. The van der Waals surface area contributed by atoms with Crippen LogP contribution in [0.3, 0.4) is 0 Å². The lowest BCUT2D eigenvalue weighted by molar-refractivity contribution is -0.146. The van der Waals surface area contributed by atoms with Crippen molar-refractivity contribution in [1.82, 2.24) is 5.32 Å². The molecule has 0 aromatic rings. The lowest BCUT2D eigenvalue weighted by Crippen LogP contribution is -2.33. The zero-order chi connectivity index (χ0) is 7.84. The molecular formula is C8H13NO2. The maximum absolute atomic E-state index is 11.2. The summed E-state index contributed by atoms with van der Waals surface area (Å²) in [7, 11) is 1.47. The van der Waals surface area contributed by atoms with E-state index in [1.54, 1.807) is 0 Å². The lowest BCUT2D eigenvalue weighted by Gasteiger charge is -2.19. The quantitative estimate of drug-likeness (QED) is 0.548. The highest BCUT2D eigenvalue weighted by molar-refractivity contribution is 5.73. The number of hydrogen-bond acceptors (Lipinski definition) is 3. The molecule has 3 heteroatoms. The molecule has 62 valence electrons. The minimum atomic E-state index is -0.0148. The number of carbonyl (C=O) groups is 1. The minimum absolute atomic E-state index is 0.0148. The van der Waals surface area contributed by atoms with E-state index >= 15 is 0 Å². The zero-order valence-corrected chi connectivity index (χ0v) is 6.67. The molecular weight excluding hydrogens is 142 g/mol. The van der Waals surface area contributed by atoms with Gasteiger partial charge in [0.15, 0.2) is 0 Å². The molecule has 1 aliphatic heterocycles. The first-order valence-corrected chi connectivity index (χ1v) is 4.14. The zero-order valence-electron chi connectivity index (χ0n) is 6.67. The number of esters is 1. The highest BCUT2D eigenvalue weighted by Crippen LogP contribution is 2.42. The minimum Gasteiger partial charge on any atom is -0.469 e. The summed E-state index contributed by atoms with van der Waals surface area (Å²) in [4.78, 5) is 11.2. The summed E-state index contributed by atoms with van der Waals surface area (Å²) in [5.74, 6) is 0.751. The Morgan fingerprint density at radius 1 is 1.64 bits per heavy atom. The van der Waals surface area contributed by atoms with Crippen LogP contribution in [0.5, 0.6) is 0 Å². The van der Waals surface area contributed by atoms with E-state index in [0.717, 1.165) is 13.0 Å². The van der Waals surface area contributed by atoms with E-state index in [9.17, 15) is 4.79 Å². The molecule has 11 heavy (non-hydrogen) atoms. The van der Waals surface area contributed by atoms with Crippen LogP contribution in [0.15, 0.2) is 0 Å². The van der Waals surface area contributed by atoms with Gasteiger partial charge in [0.05, 0.1) is 13.0 Å². The Morgan fingerprint density at radius 3 is 3.18 bits per heavy atom. The molecule has 0 unspecified atom stereocenters. The molecule has 3 nitrogen and oxygen atoms in total. The predicted octanol–water partition coefficient (Wildman–Crippen LogP) is 0.157. The number of rotatable bonds is 1. The number of carbonyl (C=O) groups excluding carboxylic acids is 1. The summed E-state index contributed by atoms with van der Waals surface area (Å²) >= 11 is 0. The second-order valence-corrected chi connectivity index (χ2v) is 3.38. The number of hydrogen-bond donors (Lipinski definition) is 1. The van der Waals surface area contributed by atoms with Crippen LogP contribution in [0.2, 0.25) is 0 Å². The number of fused-ring (bicyclic) bond motifs is 1. The highest BCUT2D eigenvalue weighted by Gasteiger charge is 2.48. The second-order valence-electron chi connectivity index (χ2n) is 3.38. The molecule has 1 heterocycles. The van der Waals surface area contributed by atoms with Crippen molar-refractivity contribution in [3.63, 3.8) is 0 Å². The van der Waals surface area contributed by atoms with Crippen LogP contribution in [0.1, 0.15) is 12.8 Å². The lowest BCUT2D eigenvalue weighted by atomic mass is 9.97. The van der Waals surface area contributed by atoms with Crippen molar-refractivity contribution in [2.75, 3.05) is 13.7 Å². The average molecular weight is 155 g/mol. The van der Waals surface area contributed by atoms with Gasteiger partial charge in [-0.05, 0) is 25.3 Å². The van der Waals surface area contributed by atoms with Crippen LogP contribution in [0, 0.1) is 11.8 Å². The van der Waals surface area contributed by atoms with Gasteiger partial charge in [0.1, 0.15) is 0 Å². The molecule has 1 saturated heterocycles. The number of ether oxygens (including phenoxy) is 1. The molecule has 2 fully saturated rings. The smallest absolute Gasteiger partial charge is 0.309 e. The highest BCUT2D eigenvalue weighted by atomic mass is 16.5. The largest absolute Gasteiger partial charge is 0.469 e. The van der Waals surface area contributed by atoms with Crippen LogP contribution in [-0.2, 0) is 9.53 Å². The Hall–Kier alpha value is -0.570. The Kier molecular flexibility index (Phi) is 1.60. The van der Waals surface area contributed by atoms with E-state index in [0.29, 0.717) is 12.0 Å². The summed E-state index contributed by atoms with van der Waals surface area (Å²) in [6, 6.07) is 0.618. The monoisotopic (exact) mass is 155 g/mol. The van der Waals surface area contributed by atoms with Gasteiger partial charge >= 0.3 is 5.97 Å². The fourth-order valence-electron chi connectivity index (χ4n) is 1.98. The molecule has 0 radical (unpaired) electrons. The van der Waals surface area contributed by atoms with Crippen LogP contribution < -0.4 is 5.32 Å². The van der Waals surface area contributed by atoms with Crippen LogP contribution in [0.4, 0.5) is 0 Å². The molecule has 2 rings (SSSR count). The summed E-state index contributed by atoms with van der Waals surface area (Å²) in [5, 5.41) is 3.36. The molecule has 0 amide bonds. The van der Waals surface area contributed by atoms with E-state index in [-0.39, 0.29) is 11.9 Å². The van der Waals surface area contributed by atoms with E-state index in [2.05, 4.69) is 5.32 Å². The molecule has 1 N–H and O–H groups in total. The van der Waals surface area contributed by atoms with Crippen molar-refractivity contribution in [1.29, 1.82) is 0 Å². The summed E-state index contributed by atoms with van der Waals surface area (Å²) in [6.45, 7) is 0.973. The van der Waals surface area contributed by atoms with Crippen LogP contribution in [0.25, 0.3) is 0 Å². The third-order valence-corrected chi connectivity index (χ3v) is 2.72. The molecule has 0 bridgehead atoms. The van der Waals surface area contributed by atoms with E-state index in [1.165, 1.54) is 13.5 Å². The van der Waals surface area contributed by atoms with Crippen molar-refractivity contribution in [2.24, 2.45) is 11.8 Å². The van der Waals surface area contributed by atoms with E-state index < -0.39 is 0 Å². The number of nitrogens with one attached hydrogen (secondary N) is 1. The van der Waals surface area contributed by atoms with Gasteiger partial charge in [0, 0.05) is 6.04 Å². The first-order chi connectivity index (χ1) is 5.33. The summed E-state index contributed by atoms with van der Waals surface area (Å²) in [6.07, 6.45) is 2.12. The van der Waals surface area contributed by atoms with Crippen molar-refractivity contribution in [2.45, 2.75) is 18.9 Å².